The second kappa shape index (κ2) is 10.4. The monoisotopic (exact) mass is 235 g/mol. The third-order valence-corrected chi connectivity index (χ3v) is 1.47. The van der Waals surface area contributed by atoms with Gasteiger partial charge in [0.1, 0.15) is 12.1 Å². The molecular formula is C10H21NO5. The third-order valence-electron chi connectivity index (χ3n) is 1.47. The summed E-state index contributed by atoms with van der Waals surface area (Å²) in [5, 5.41) is 15.8. The molecule has 0 bridgehead atoms. The number of carbonyl (C=O) groups is 2. The van der Waals surface area contributed by atoms with Gasteiger partial charge in [0, 0.05) is 0 Å². The van der Waals surface area contributed by atoms with E-state index in [2.05, 4.69) is 0 Å². The Morgan fingerprint density at radius 1 is 1.38 bits per heavy atom. The highest BCUT2D eigenvalue weighted by molar-refractivity contribution is 5.74. The molecule has 2 atom stereocenters. The summed E-state index contributed by atoms with van der Waals surface area (Å²) >= 11 is 0. The van der Waals surface area contributed by atoms with Gasteiger partial charge in [-0.05, 0) is 20.3 Å². The SMILES string of the molecule is CC(O)C(=O)O.CCCCOC(=O)[C@H](C)N. The quantitative estimate of drug-likeness (QED) is 0.461. The number of hydrogen-bond acceptors (Lipinski definition) is 5. The molecule has 0 aliphatic rings. The van der Waals surface area contributed by atoms with E-state index in [4.69, 9.17) is 20.7 Å². The Balaban J connectivity index is 0. The maximum absolute atomic E-state index is 10.7. The van der Waals surface area contributed by atoms with Crippen molar-refractivity contribution in [2.24, 2.45) is 5.73 Å². The molecule has 96 valence electrons. The van der Waals surface area contributed by atoms with Gasteiger partial charge in [-0.15, -0.1) is 0 Å². The van der Waals surface area contributed by atoms with Gasteiger partial charge in [-0.3, -0.25) is 4.79 Å². The number of carboxylic acid groups (broad SMARTS) is 1. The van der Waals surface area contributed by atoms with Crippen molar-refractivity contribution in [1.29, 1.82) is 0 Å². The Labute approximate surface area is 95.4 Å². The van der Waals surface area contributed by atoms with E-state index in [1.807, 2.05) is 6.92 Å². The molecule has 0 amide bonds. The van der Waals surface area contributed by atoms with Gasteiger partial charge in [0.15, 0.2) is 0 Å². The van der Waals surface area contributed by atoms with Gasteiger partial charge in [0.25, 0.3) is 0 Å². The van der Waals surface area contributed by atoms with E-state index in [9.17, 15) is 9.59 Å². The smallest absolute Gasteiger partial charge is 0.332 e. The van der Waals surface area contributed by atoms with Crippen LogP contribution in [0.1, 0.15) is 33.6 Å². The summed E-state index contributed by atoms with van der Waals surface area (Å²) in [6.45, 7) is 5.35. The zero-order chi connectivity index (χ0) is 13.1. The number of carboxylic acids is 1. The van der Waals surface area contributed by atoms with E-state index in [0.717, 1.165) is 12.8 Å². The molecule has 0 spiro atoms. The van der Waals surface area contributed by atoms with Crippen molar-refractivity contribution >= 4 is 11.9 Å². The van der Waals surface area contributed by atoms with Crippen molar-refractivity contribution in [3.05, 3.63) is 0 Å². The van der Waals surface area contributed by atoms with E-state index >= 15 is 0 Å². The van der Waals surface area contributed by atoms with E-state index in [1.54, 1.807) is 6.92 Å². The lowest BCUT2D eigenvalue weighted by Gasteiger charge is -2.04. The van der Waals surface area contributed by atoms with Crippen LogP contribution in [-0.4, -0.2) is 40.9 Å². The average Bonchev–Trinajstić information content (AvgIpc) is 2.18. The molecule has 6 heteroatoms. The lowest BCUT2D eigenvalue weighted by atomic mass is 10.3. The Bertz CT molecular complexity index is 203. The van der Waals surface area contributed by atoms with E-state index < -0.39 is 18.1 Å². The first kappa shape index (κ1) is 17.3. The molecule has 0 saturated heterocycles. The molecule has 4 N–H and O–H groups in total. The maximum Gasteiger partial charge on any atom is 0.332 e. The van der Waals surface area contributed by atoms with Crippen molar-refractivity contribution in [3.8, 4) is 0 Å². The van der Waals surface area contributed by atoms with E-state index in [0.29, 0.717) is 6.61 Å². The van der Waals surface area contributed by atoms with Crippen LogP contribution in [0.2, 0.25) is 0 Å². The van der Waals surface area contributed by atoms with Gasteiger partial charge in [-0.2, -0.15) is 0 Å². The number of hydrogen-bond donors (Lipinski definition) is 3. The van der Waals surface area contributed by atoms with Crippen LogP contribution < -0.4 is 5.73 Å². The zero-order valence-corrected chi connectivity index (χ0v) is 9.97. The molecule has 6 nitrogen and oxygen atoms in total. The highest BCUT2D eigenvalue weighted by Gasteiger charge is 2.06. The van der Waals surface area contributed by atoms with Gasteiger partial charge in [0.2, 0.25) is 0 Å². The molecule has 0 aromatic rings. The summed E-state index contributed by atoms with van der Waals surface area (Å²) in [6.07, 6.45) is 0.718. The Kier molecular flexibility index (Phi) is 11.2. The number of aliphatic hydroxyl groups is 1. The van der Waals surface area contributed by atoms with Gasteiger partial charge in [-0.25, -0.2) is 4.79 Å². The van der Waals surface area contributed by atoms with Crippen LogP contribution in [0.25, 0.3) is 0 Å². The Hall–Kier alpha value is -1.14. The minimum absolute atomic E-state index is 0.312. The molecule has 0 radical (unpaired) electrons. The lowest BCUT2D eigenvalue weighted by Crippen LogP contribution is -2.28. The molecule has 0 fully saturated rings. The predicted octanol–water partition coefficient (Wildman–Crippen LogP) is 0.129. The van der Waals surface area contributed by atoms with Gasteiger partial charge in [0.05, 0.1) is 6.61 Å². The van der Waals surface area contributed by atoms with Crippen molar-refractivity contribution in [1.82, 2.24) is 0 Å². The summed E-state index contributed by atoms with van der Waals surface area (Å²) in [5.41, 5.74) is 5.24. The minimum atomic E-state index is -1.23. The number of rotatable bonds is 5. The first-order valence-corrected chi connectivity index (χ1v) is 5.16. The van der Waals surface area contributed by atoms with Crippen LogP contribution in [0.4, 0.5) is 0 Å². The van der Waals surface area contributed by atoms with Crippen LogP contribution >= 0.6 is 0 Å². The minimum Gasteiger partial charge on any atom is -0.479 e. The number of aliphatic hydroxyl groups excluding tert-OH is 1. The highest BCUT2D eigenvalue weighted by atomic mass is 16.5. The highest BCUT2D eigenvalue weighted by Crippen LogP contribution is 1.90. The van der Waals surface area contributed by atoms with E-state index in [-0.39, 0.29) is 5.97 Å². The van der Waals surface area contributed by atoms with E-state index in [1.165, 1.54) is 6.92 Å². The fraction of sp³-hybridized carbons (Fsp3) is 0.800. The summed E-state index contributed by atoms with van der Waals surface area (Å²) in [6, 6.07) is -0.489. The Morgan fingerprint density at radius 2 is 1.81 bits per heavy atom. The topological polar surface area (TPSA) is 110 Å². The Morgan fingerprint density at radius 3 is 2.06 bits per heavy atom. The summed E-state index contributed by atoms with van der Waals surface area (Å²) in [7, 11) is 0. The normalized spacial score (nSPS) is 13.1. The largest absolute Gasteiger partial charge is 0.479 e. The first-order chi connectivity index (χ1) is 7.32. The number of unbranched alkanes of at least 4 members (excludes halogenated alkanes) is 1. The van der Waals surface area contributed by atoms with Crippen LogP contribution in [0, 0.1) is 0 Å². The number of nitrogens with two attached hydrogens (primary N) is 1. The lowest BCUT2D eigenvalue weighted by molar-refractivity contribution is -0.146. The van der Waals surface area contributed by atoms with Crippen molar-refractivity contribution in [2.45, 2.75) is 45.8 Å². The van der Waals surface area contributed by atoms with Crippen molar-refractivity contribution < 1.29 is 24.5 Å². The molecular weight excluding hydrogens is 214 g/mol. The molecule has 0 heterocycles. The first-order valence-electron chi connectivity index (χ1n) is 5.16. The predicted molar refractivity (Wildman–Crippen MR) is 58.8 cm³/mol. The van der Waals surface area contributed by atoms with Crippen molar-refractivity contribution in [2.75, 3.05) is 6.61 Å². The van der Waals surface area contributed by atoms with Crippen molar-refractivity contribution in [3.63, 3.8) is 0 Å². The van der Waals surface area contributed by atoms with Crippen LogP contribution in [-0.2, 0) is 14.3 Å². The summed E-state index contributed by atoms with van der Waals surface area (Å²) < 4.78 is 4.78. The van der Waals surface area contributed by atoms with Gasteiger partial charge < -0.3 is 20.7 Å². The second-order valence-corrected chi connectivity index (χ2v) is 3.32. The van der Waals surface area contributed by atoms with Gasteiger partial charge in [-0.1, -0.05) is 13.3 Å². The molecule has 0 saturated carbocycles. The van der Waals surface area contributed by atoms with Crippen LogP contribution in [0.3, 0.4) is 0 Å². The molecule has 1 unspecified atom stereocenters. The summed E-state index contributed by atoms with van der Waals surface area (Å²) in [5.74, 6) is -1.50. The average molecular weight is 235 g/mol. The molecule has 0 aliphatic carbocycles. The number of carbonyl (C=O) groups excluding carboxylic acids is 1. The standard InChI is InChI=1S/C7H15NO2.C3H6O3/c1-3-4-5-10-7(9)6(2)8;1-2(4)3(5)6/h6H,3-5,8H2,1-2H3;2,4H,1H3,(H,5,6)/t6-;/m0./s1. The molecule has 0 aromatic carbocycles. The third kappa shape index (κ3) is 12.9. The van der Waals surface area contributed by atoms with Gasteiger partial charge >= 0.3 is 11.9 Å². The van der Waals surface area contributed by atoms with Crippen LogP contribution in [0.15, 0.2) is 0 Å². The molecule has 0 aromatic heterocycles. The number of aliphatic carboxylic acids is 1. The second-order valence-electron chi connectivity index (χ2n) is 3.32. The van der Waals surface area contributed by atoms with Crippen LogP contribution in [0.5, 0.6) is 0 Å². The fourth-order valence-electron chi connectivity index (χ4n) is 0.449. The number of ether oxygens (including phenoxy) is 1. The zero-order valence-electron chi connectivity index (χ0n) is 9.97. The maximum atomic E-state index is 10.7. The summed E-state index contributed by atoms with van der Waals surface area (Å²) in [4.78, 5) is 20.1. The fourth-order valence-corrected chi connectivity index (χ4v) is 0.449. The number of esters is 1. The molecule has 0 aliphatic heterocycles. The molecule has 0 rings (SSSR count). The molecule has 16 heavy (non-hydrogen) atoms.